The fourth-order valence-electron chi connectivity index (χ4n) is 4.59. The van der Waals surface area contributed by atoms with Crippen LogP contribution in [0.15, 0.2) is 34.3 Å². The maximum absolute atomic E-state index is 13.5. The monoisotopic (exact) mass is 623 g/mol. The topological polar surface area (TPSA) is 121 Å². The number of likely N-dealkylation sites (tertiary alicyclic amines) is 1. The zero-order chi connectivity index (χ0) is 26.0. The Hall–Kier alpha value is -2.51. The Morgan fingerprint density at radius 3 is 2.69 bits per heavy atom. The molecule has 1 fully saturated rings. The molecular formula is C25H30IN5O4S. The summed E-state index contributed by atoms with van der Waals surface area (Å²) in [6, 6.07) is 7.02. The van der Waals surface area contributed by atoms with E-state index in [1.807, 2.05) is 44.5 Å². The normalized spacial score (nSPS) is 18.5. The van der Waals surface area contributed by atoms with Gasteiger partial charge in [-0.2, -0.15) is 0 Å². The molecular weight excluding hydrogens is 593 g/mol. The molecule has 0 saturated carbocycles. The molecule has 1 aliphatic heterocycles. The van der Waals surface area contributed by atoms with E-state index in [2.05, 4.69) is 41.9 Å². The number of anilines is 1. The van der Waals surface area contributed by atoms with Gasteiger partial charge in [0, 0.05) is 31.3 Å². The van der Waals surface area contributed by atoms with Crippen LogP contribution in [0.25, 0.3) is 10.4 Å². The van der Waals surface area contributed by atoms with Gasteiger partial charge < -0.3 is 23.4 Å². The number of benzene rings is 1. The Labute approximate surface area is 228 Å². The van der Waals surface area contributed by atoms with Crippen molar-refractivity contribution in [2.24, 2.45) is 5.92 Å². The highest BCUT2D eigenvalue weighted by Gasteiger charge is 2.43. The molecule has 3 aromatic rings. The van der Waals surface area contributed by atoms with E-state index in [1.54, 1.807) is 24.3 Å². The van der Waals surface area contributed by atoms with Crippen molar-refractivity contribution >= 4 is 51.7 Å². The SMILES string of the molecule is Cc1cc(C(C(=O)N2C[C@@H](O)C[C@@H]2C(=O)NCc2ccc(-c3scnc3C)cc2NI)C(C)C)on1. The summed E-state index contributed by atoms with van der Waals surface area (Å²) >= 11 is 3.66. The average Bonchev–Trinajstić information content (AvgIpc) is 3.57. The van der Waals surface area contributed by atoms with Gasteiger partial charge in [-0.3, -0.25) is 9.59 Å². The third-order valence-electron chi connectivity index (χ3n) is 6.42. The number of nitrogens with zero attached hydrogens (tertiary/aromatic N) is 3. The number of amides is 2. The first-order chi connectivity index (χ1) is 17.2. The Balaban J connectivity index is 1.48. The van der Waals surface area contributed by atoms with Gasteiger partial charge in [-0.1, -0.05) is 31.1 Å². The summed E-state index contributed by atoms with van der Waals surface area (Å²) in [4.78, 5) is 33.7. The number of aromatic nitrogens is 2. The van der Waals surface area contributed by atoms with Gasteiger partial charge >= 0.3 is 0 Å². The molecule has 9 nitrogen and oxygen atoms in total. The Kier molecular flexibility index (Phi) is 8.30. The number of aliphatic hydroxyl groups excluding tert-OH is 1. The van der Waals surface area contributed by atoms with Gasteiger partial charge in [-0.05, 0) is 37.0 Å². The molecule has 3 atom stereocenters. The molecule has 36 heavy (non-hydrogen) atoms. The summed E-state index contributed by atoms with van der Waals surface area (Å²) in [5.74, 6) is -0.703. The first kappa shape index (κ1) is 26.6. The average molecular weight is 624 g/mol. The second-order valence-electron chi connectivity index (χ2n) is 9.44. The van der Waals surface area contributed by atoms with E-state index in [-0.39, 0.29) is 37.2 Å². The number of aliphatic hydroxyl groups is 1. The molecule has 0 bridgehead atoms. The van der Waals surface area contributed by atoms with Crippen LogP contribution in [0.2, 0.25) is 0 Å². The van der Waals surface area contributed by atoms with Crippen molar-refractivity contribution in [1.29, 1.82) is 0 Å². The molecule has 3 N–H and O–H groups in total. The largest absolute Gasteiger partial charge is 0.391 e. The molecule has 11 heteroatoms. The Morgan fingerprint density at radius 1 is 1.31 bits per heavy atom. The van der Waals surface area contributed by atoms with Crippen LogP contribution in [0.1, 0.15) is 48.9 Å². The van der Waals surface area contributed by atoms with Crippen LogP contribution in [0.3, 0.4) is 0 Å². The zero-order valence-corrected chi connectivity index (χ0v) is 23.6. The third-order valence-corrected chi connectivity index (χ3v) is 7.98. The van der Waals surface area contributed by atoms with Crippen LogP contribution in [-0.4, -0.2) is 50.7 Å². The van der Waals surface area contributed by atoms with E-state index in [0.29, 0.717) is 11.5 Å². The summed E-state index contributed by atoms with van der Waals surface area (Å²) in [5.41, 5.74) is 6.35. The predicted molar refractivity (Wildman–Crippen MR) is 147 cm³/mol. The first-order valence-corrected chi connectivity index (χ1v) is 13.7. The van der Waals surface area contributed by atoms with Gasteiger partial charge in [-0.25, -0.2) is 4.98 Å². The second-order valence-corrected chi connectivity index (χ2v) is 10.8. The number of thiazole rings is 1. The van der Waals surface area contributed by atoms with Gasteiger partial charge in [0.2, 0.25) is 11.8 Å². The predicted octanol–water partition coefficient (Wildman–Crippen LogP) is 4.19. The van der Waals surface area contributed by atoms with Crippen LogP contribution in [-0.2, 0) is 16.1 Å². The molecule has 0 aliphatic carbocycles. The zero-order valence-electron chi connectivity index (χ0n) is 20.6. The molecule has 1 saturated heterocycles. The highest BCUT2D eigenvalue weighted by molar-refractivity contribution is 14.1. The molecule has 2 aromatic heterocycles. The minimum atomic E-state index is -0.762. The van der Waals surface area contributed by atoms with Crippen molar-refractivity contribution in [3.8, 4) is 10.4 Å². The van der Waals surface area contributed by atoms with E-state index in [0.717, 1.165) is 27.4 Å². The van der Waals surface area contributed by atoms with Crippen molar-refractivity contribution in [1.82, 2.24) is 20.4 Å². The van der Waals surface area contributed by atoms with Crippen LogP contribution in [0.5, 0.6) is 0 Å². The lowest BCUT2D eigenvalue weighted by molar-refractivity contribution is -0.141. The molecule has 3 heterocycles. The highest BCUT2D eigenvalue weighted by Crippen LogP contribution is 2.33. The number of nitrogens with one attached hydrogen (secondary N) is 2. The Bertz CT molecular complexity index is 1240. The van der Waals surface area contributed by atoms with Crippen molar-refractivity contribution in [3.63, 3.8) is 0 Å². The highest BCUT2D eigenvalue weighted by atomic mass is 127. The summed E-state index contributed by atoms with van der Waals surface area (Å²) in [6.45, 7) is 8.03. The van der Waals surface area contributed by atoms with Gasteiger partial charge in [-0.15, -0.1) is 11.3 Å². The van der Waals surface area contributed by atoms with Gasteiger partial charge in [0.25, 0.3) is 0 Å². The number of carbonyl (C=O) groups excluding carboxylic acids is 2. The number of aryl methyl sites for hydroxylation is 2. The van der Waals surface area contributed by atoms with E-state index in [9.17, 15) is 14.7 Å². The van der Waals surface area contributed by atoms with E-state index in [1.165, 1.54) is 4.90 Å². The molecule has 4 rings (SSSR count). The lowest BCUT2D eigenvalue weighted by atomic mass is 9.91. The number of hydrogen-bond donors (Lipinski definition) is 3. The number of carbonyl (C=O) groups is 2. The molecule has 0 radical (unpaired) electrons. The first-order valence-electron chi connectivity index (χ1n) is 11.8. The van der Waals surface area contributed by atoms with Crippen LogP contribution < -0.4 is 8.85 Å². The summed E-state index contributed by atoms with van der Waals surface area (Å²) < 4.78 is 8.57. The van der Waals surface area contributed by atoms with Crippen LogP contribution in [0.4, 0.5) is 5.69 Å². The second kappa shape index (κ2) is 11.3. The number of hydrogen-bond acceptors (Lipinski definition) is 8. The van der Waals surface area contributed by atoms with Gasteiger partial charge in [0.1, 0.15) is 17.7 Å². The fraction of sp³-hybridized carbons (Fsp3) is 0.440. The van der Waals surface area contributed by atoms with Crippen LogP contribution in [0, 0.1) is 19.8 Å². The fourth-order valence-corrected chi connectivity index (χ4v) is 5.89. The third kappa shape index (κ3) is 5.57. The van der Waals surface area contributed by atoms with Gasteiger partial charge in [0.05, 0.1) is 50.7 Å². The van der Waals surface area contributed by atoms with E-state index >= 15 is 0 Å². The van der Waals surface area contributed by atoms with Crippen molar-refractivity contribution in [2.45, 2.75) is 58.7 Å². The number of β-amino-alcohol motifs (C(OH)–C–C–N with tert-alkyl or cyclic N) is 1. The van der Waals surface area contributed by atoms with E-state index < -0.39 is 18.1 Å². The molecule has 1 aliphatic rings. The Morgan fingerprint density at radius 2 is 2.08 bits per heavy atom. The quantitative estimate of drug-likeness (QED) is 0.254. The summed E-state index contributed by atoms with van der Waals surface area (Å²) in [6.07, 6.45) is -0.568. The van der Waals surface area contributed by atoms with Crippen molar-refractivity contribution in [3.05, 3.63) is 52.5 Å². The number of halogens is 1. The van der Waals surface area contributed by atoms with Gasteiger partial charge in [0.15, 0.2) is 0 Å². The maximum atomic E-state index is 13.5. The minimum absolute atomic E-state index is 0.0655. The van der Waals surface area contributed by atoms with Crippen LogP contribution >= 0.6 is 34.2 Å². The standard InChI is InChI=1S/C25H30IN5O4S/c1-13(2)22(21-7-14(3)30-35-21)25(34)31-11-18(32)9-20(31)24(33)27-10-17-6-5-16(8-19(17)29-26)23-15(4)28-12-36-23/h5-8,12-13,18,20,22,29,32H,9-11H2,1-4H3,(H,27,33)/t18-,20+,22?/m0/s1. The number of rotatable bonds is 8. The molecule has 192 valence electrons. The molecule has 1 aromatic carbocycles. The minimum Gasteiger partial charge on any atom is -0.391 e. The summed E-state index contributed by atoms with van der Waals surface area (Å²) in [7, 11) is 0. The summed E-state index contributed by atoms with van der Waals surface area (Å²) in [5, 5.41) is 17.2. The molecule has 1 unspecified atom stereocenters. The maximum Gasteiger partial charge on any atom is 0.243 e. The molecule has 0 spiro atoms. The van der Waals surface area contributed by atoms with E-state index in [4.69, 9.17) is 4.52 Å². The smallest absolute Gasteiger partial charge is 0.243 e. The lowest BCUT2D eigenvalue weighted by Crippen LogP contribution is -2.48. The van der Waals surface area contributed by atoms with Crippen molar-refractivity contribution in [2.75, 3.05) is 10.1 Å². The molecule has 2 amide bonds. The van der Waals surface area contributed by atoms with Crippen molar-refractivity contribution < 1.29 is 19.2 Å². The lowest BCUT2D eigenvalue weighted by Gasteiger charge is -2.28.